The fraction of sp³-hybridized carbons (Fsp3) is 0.278. The van der Waals surface area contributed by atoms with Gasteiger partial charge in [0.2, 0.25) is 0 Å². The van der Waals surface area contributed by atoms with Crippen LogP contribution in [0, 0.1) is 0 Å². The van der Waals surface area contributed by atoms with Gasteiger partial charge in [0.15, 0.2) is 0 Å². The Morgan fingerprint density at radius 3 is 2.96 bits per heavy atom. The van der Waals surface area contributed by atoms with Crippen LogP contribution in [-0.4, -0.2) is 24.1 Å². The Morgan fingerprint density at radius 1 is 1.22 bits per heavy atom. The van der Waals surface area contributed by atoms with Gasteiger partial charge in [-0.2, -0.15) is 0 Å². The Bertz CT molecular complexity index is 929. The van der Waals surface area contributed by atoms with E-state index in [1.54, 1.807) is 6.20 Å². The molecule has 0 spiro atoms. The van der Waals surface area contributed by atoms with Gasteiger partial charge in [-0.05, 0) is 59.0 Å². The molecule has 0 radical (unpaired) electrons. The molecule has 1 unspecified atom stereocenters. The second-order valence-electron chi connectivity index (χ2n) is 6.07. The monoisotopic (exact) mass is 371 g/mol. The highest BCUT2D eigenvalue weighted by atomic mass is 79.9. The highest BCUT2D eigenvalue weighted by Crippen LogP contribution is 2.28. The fourth-order valence-electron chi connectivity index (χ4n) is 3.38. The first-order valence-corrected chi connectivity index (χ1v) is 8.68. The van der Waals surface area contributed by atoms with Gasteiger partial charge in [0.05, 0.1) is 5.39 Å². The SMILES string of the molecule is O=c1[nH]ccc2c(CNC3CCNC3)cc3ccc(Br)cc3c12. The Morgan fingerprint density at radius 2 is 2.13 bits per heavy atom. The van der Waals surface area contributed by atoms with E-state index in [1.165, 1.54) is 5.56 Å². The molecule has 1 fully saturated rings. The Hall–Kier alpha value is -1.69. The van der Waals surface area contributed by atoms with Crippen molar-refractivity contribution in [3.05, 3.63) is 56.9 Å². The van der Waals surface area contributed by atoms with E-state index in [9.17, 15) is 4.79 Å². The van der Waals surface area contributed by atoms with Gasteiger partial charge < -0.3 is 15.6 Å². The molecule has 0 bridgehead atoms. The van der Waals surface area contributed by atoms with Crippen molar-refractivity contribution in [3.63, 3.8) is 0 Å². The average molecular weight is 372 g/mol. The van der Waals surface area contributed by atoms with Crippen LogP contribution >= 0.6 is 15.9 Å². The molecule has 1 aliphatic rings. The lowest BCUT2D eigenvalue weighted by Crippen LogP contribution is -2.30. The number of hydrogen-bond acceptors (Lipinski definition) is 3. The molecule has 1 aliphatic heterocycles. The summed E-state index contributed by atoms with van der Waals surface area (Å²) in [5.41, 5.74) is 1.14. The zero-order valence-corrected chi connectivity index (χ0v) is 14.2. The maximum atomic E-state index is 12.4. The molecule has 4 nitrogen and oxygen atoms in total. The maximum Gasteiger partial charge on any atom is 0.256 e. The maximum absolute atomic E-state index is 12.4. The van der Waals surface area contributed by atoms with E-state index in [0.29, 0.717) is 6.04 Å². The number of hydrogen-bond donors (Lipinski definition) is 3. The van der Waals surface area contributed by atoms with Crippen LogP contribution in [0.15, 0.2) is 45.8 Å². The van der Waals surface area contributed by atoms with Crippen LogP contribution in [-0.2, 0) is 6.54 Å². The highest BCUT2D eigenvalue weighted by molar-refractivity contribution is 9.10. The van der Waals surface area contributed by atoms with Gasteiger partial charge in [-0.15, -0.1) is 0 Å². The summed E-state index contributed by atoms with van der Waals surface area (Å²) in [6.07, 6.45) is 2.88. The summed E-state index contributed by atoms with van der Waals surface area (Å²) in [6.45, 7) is 2.86. The van der Waals surface area contributed by atoms with Crippen molar-refractivity contribution in [2.24, 2.45) is 0 Å². The lowest BCUT2D eigenvalue weighted by molar-refractivity contribution is 0.549. The molecule has 1 aromatic heterocycles. The van der Waals surface area contributed by atoms with Crippen LogP contribution in [0.25, 0.3) is 21.5 Å². The molecule has 1 saturated heterocycles. The number of rotatable bonds is 3. The zero-order valence-electron chi connectivity index (χ0n) is 12.7. The average Bonchev–Trinajstić information content (AvgIpc) is 3.06. The normalized spacial score (nSPS) is 18.0. The highest BCUT2D eigenvalue weighted by Gasteiger charge is 2.15. The van der Waals surface area contributed by atoms with Crippen LogP contribution in [0.4, 0.5) is 0 Å². The van der Waals surface area contributed by atoms with Gasteiger partial charge in [-0.3, -0.25) is 4.79 Å². The van der Waals surface area contributed by atoms with Gasteiger partial charge in [-0.1, -0.05) is 22.0 Å². The van der Waals surface area contributed by atoms with Crippen molar-refractivity contribution in [3.8, 4) is 0 Å². The summed E-state index contributed by atoms with van der Waals surface area (Å²) in [4.78, 5) is 15.2. The number of aromatic amines is 1. The van der Waals surface area contributed by atoms with Crippen molar-refractivity contribution in [2.45, 2.75) is 19.0 Å². The topological polar surface area (TPSA) is 56.9 Å². The summed E-state index contributed by atoms with van der Waals surface area (Å²) in [6, 6.07) is 10.8. The number of fused-ring (bicyclic) bond motifs is 3. The minimum absolute atomic E-state index is 0.0324. The molecule has 5 heteroatoms. The summed E-state index contributed by atoms with van der Waals surface area (Å²) in [5, 5.41) is 10.9. The van der Waals surface area contributed by atoms with E-state index in [-0.39, 0.29) is 5.56 Å². The molecule has 3 aromatic rings. The van der Waals surface area contributed by atoms with E-state index in [1.807, 2.05) is 18.2 Å². The van der Waals surface area contributed by atoms with Crippen molar-refractivity contribution >= 4 is 37.5 Å². The van der Waals surface area contributed by atoms with Crippen LogP contribution in [0.2, 0.25) is 0 Å². The number of nitrogens with one attached hydrogen (secondary N) is 3. The quantitative estimate of drug-likeness (QED) is 0.620. The van der Waals surface area contributed by atoms with Crippen molar-refractivity contribution in [2.75, 3.05) is 13.1 Å². The molecule has 2 aromatic carbocycles. The second-order valence-corrected chi connectivity index (χ2v) is 6.98. The molecular formula is C18H18BrN3O. The van der Waals surface area contributed by atoms with E-state index in [2.05, 4.69) is 43.7 Å². The first-order valence-electron chi connectivity index (χ1n) is 7.89. The molecule has 1 atom stereocenters. The van der Waals surface area contributed by atoms with Crippen molar-refractivity contribution < 1.29 is 0 Å². The summed E-state index contributed by atoms with van der Waals surface area (Å²) in [5.74, 6) is 0. The molecule has 4 rings (SSSR count). The van der Waals surface area contributed by atoms with Crippen LogP contribution in [0.1, 0.15) is 12.0 Å². The summed E-state index contributed by atoms with van der Waals surface area (Å²) < 4.78 is 0.984. The number of H-pyrrole nitrogens is 1. The van der Waals surface area contributed by atoms with E-state index < -0.39 is 0 Å². The van der Waals surface area contributed by atoms with Crippen molar-refractivity contribution in [1.29, 1.82) is 0 Å². The van der Waals surface area contributed by atoms with Gasteiger partial charge >= 0.3 is 0 Å². The van der Waals surface area contributed by atoms with Crippen LogP contribution in [0.3, 0.4) is 0 Å². The molecular weight excluding hydrogens is 354 g/mol. The second kappa shape index (κ2) is 6.07. The molecule has 0 amide bonds. The minimum atomic E-state index is -0.0324. The third-order valence-electron chi connectivity index (χ3n) is 4.56. The lowest BCUT2D eigenvalue weighted by atomic mass is 9.98. The number of halogens is 1. The van der Waals surface area contributed by atoms with Gasteiger partial charge in [0.25, 0.3) is 5.56 Å². The minimum Gasteiger partial charge on any atom is -0.329 e. The van der Waals surface area contributed by atoms with E-state index in [4.69, 9.17) is 0 Å². The predicted molar refractivity (Wildman–Crippen MR) is 97.9 cm³/mol. The van der Waals surface area contributed by atoms with Gasteiger partial charge in [0, 0.05) is 29.8 Å². The smallest absolute Gasteiger partial charge is 0.256 e. The molecule has 23 heavy (non-hydrogen) atoms. The number of benzene rings is 2. The fourth-order valence-corrected chi connectivity index (χ4v) is 3.74. The Labute approximate surface area is 142 Å². The van der Waals surface area contributed by atoms with E-state index in [0.717, 1.165) is 52.1 Å². The lowest BCUT2D eigenvalue weighted by Gasteiger charge is -2.14. The molecule has 3 N–H and O–H groups in total. The largest absolute Gasteiger partial charge is 0.329 e. The van der Waals surface area contributed by atoms with Gasteiger partial charge in [0.1, 0.15) is 0 Å². The first kappa shape index (κ1) is 14.9. The Balaban J connectivity index is 1.87. The standard InChI is InChI=1S/C18H18BrN3O/c19-13-2-1-11-7-12(9-22-14-3-5-20-10-14)15-4-6-21-18(23)17(15)16(11)8-13/h1-2,4,6-8,14,20,22H,3,5,9-10H2,(H,21,23). The zero-order chi connectivity index (χ0) is 15.8. The number of aromatic nitrogens is 1. The predicted octanol–water partition coefficient (Wildman–Crippen LogP) is 2.90. The summed E-state index contributed by atoms with van der Waals surface area (Å²) >= 11 is 3.51. The first-order chi connectivity index (χ1) is 11.2. The molecule has 118 valence electrons. The molecule has 0 saturated carbocycles. The van der Waals surface area contributed by atoms with E-state index >= 15 is 0 Å². The molecule has 0 aliphatic carbocycles. The third-order valence-corrected chi connectivity index (χ3v) is 5.06. The van der Waals surface area contributed by atoms with Gasteiger partial charge in [-0.25, -0.2) is 0 Å². The number of pyridine rings is 1. The summed E-state index contributed by atoms with van der Waals surface area (Å²) in [7, 11) is 0. The van der Waals surface area contributed by atoms with Crippen LogP contribution in [0.5, 0.6) is 0 Å². The van der Waals surface area contributed by atoms with Crippen molar-refractivity contribution in [1.82, 2.24) is 15.6 Å². The third kappa shape index (κ3) is 2.80. The Kier molecular flexibility index (Phi) is 3.93. The van der Waals surface area contributed by atoms with Crippen LogP contribution < -0.4 is 16.2 Å². The molecule has 2 heterocycles.